The molecule has 106 valence electrons. The van der Waals surface area contributed by atoms with Crippen molar-refractivity contribution in [3.8, 4) is 0 Å². The number of hydrogen-bond donors (Lipinski definition) is 2. The van der Waals surface area contributed by atoms with Gasteiger partial charge in [-0.05, 0) is 44.0 Å². The molecule has 0 radical (unpaired) electrons. The molecular weight excluding hydrogens is 261 g/mol. The topological polar surface area (TPSA) is 66.9 Å². The molecule has 2 N–H and O–H groups in total. The third kappa shape index (κ3) is 2.27. The Morgan fingerprint density at radius 1 is 1.35 bits per heavy atom. The first-order valence-electron chi connectivity index (χ1n) is 6.79. The summed E-state index contributed by atoms with van der Waals surface area (Å²) in [5.74, 6) is -0.322. The highest BCUT2D eigenvalue weighted by molar-refractivity contribution is 5.77. The number of rotatable bonds is 2. The summed E-state index contributed by atoms with van der Waals surface area (Å²) in [5, 5.41) is 3.47. The highest BCUT2D eigenvalue weighted by atomic mass is 19.1. The van der Waals surface area contributed by atoms with Crippen molar-refractivity contribution in [1.29, 1.82) is 0 Å². The maximum Gasteiger partial charge on any atom is 0.328 e. The van der Waals surface area contributed by atoms with Crippen LogP contribution in [0.3, 0.4) is 0 Å². The molecule has 20 heavy (non-hydrogen) atoms. The molecular formula is C14H16FN3O2. The lowest BCUT2D eigenvalue weighted by molar-refractivity contribution is 0.329. The molecule has 1 saturated heterocycles. The molecule has 2 aromatic rings. The Morgan fingerprint density at radius 3 is 2.95 bits per heavy atom. The van der Waals surface area contributed by atoms with Crippen molar-refractivity contribution in [2.75, 3.05) is 13.1 Å². The standard InChI is InChI=1S/C14H16FN3O2/c15-11-5-1-4-10-12(11)17-14(20)18(13(10)19)8-9-3-2-6-16-7-9/h1,4-5,9,16H,2-3,6-8H2,(H,17,20). The number of nitrogens with zero attached hydrogens (tertiary/aromatic N) is 1. The van der Waals surface area contributed by atoms with Crippen LogP contribution in [0, 0.1) is 11.7 Å². The smallest absolute Gasteiger partial charge is 0.316 e. The number of H-pyrrole nitrogens is 1. The molecule has 1 fully saturated rings. The number of halogens is 1. The van der Waals surface area contributed by atoms with Gasteiger partial charge in [0.2, 0.25) is 0 Å². The molecule has 0 spiro atoms. The number of nitrogens with one attached hydrogen (secondary N) is 2. The Kier molecular flexibility index (Phi) is 3.40. The van der Waals surface area contributed by atoms with Crippen LogP contribution < -0.4 is 16.6 Å². The van der Waals surface area contributed by atoms with Gasteiger partial charge in [-0.25, -0.2) is 9.18 Å². The molecule has 1 unspecified atom stereocenters. The summed E-state index contributed by atoms with van der Waals surface area (Å²) in [6.45, 7) is 2.14. The predicted octanol–water partition coefficient (Wildman–Crippen LogP) is 0.828. The average molecular weight is 277 g/mol. The van der Waals surface area contributed by atoms with Crippen molar-refractivity contribution in [1.82, 2.24) is 14.9 Å². The van der Waals surface area contributed by atoms with E-state index in [1.807, 2.05) is 0 Å². The summed E-state index contributed by atoms with van der Waals surface area (Å²) < 4.78 is 14.8. The lowest BCUT2D eigenvalue weighted by Gasteiger charge is -2.23. The van der Waals surface area contributed by atoms with E-state index in [1.54, 1.807) is 0 Å². The number of piperidine rings is 1. The molecule has 1 atom stereocenters. The molecule has 0 aliphatic carbocycles. The molecule has 2 heterocycles. The second-order valence-corrected chi connectivity index (χ2v) is 5.22. The van der Waals surface area contributed by atoms with Gasteiger partial charge in [0.15, 0.2) is 0 Å². The number of fused-ring (bicyclic) bond motifs is 1. The minimum atomic E-state index is -0.580. The predicted molar refractivity (Wildman–Crippen MR) is 74.4 cm³/mol. The normalized spacial score (nSPS) is 19.4. The van der Waals surface area contributed by atoms with Crippen molar-refractivity contribution in [3.05, 3.63) is 44.9 Å². The van der Waals surface area contributed by atoms with Gasteiger partial charge in [-0.15, -0.1) is 0 Å². The lowest BCUT2D eigenvalue weighted by atomic mass is 10.00. The molecule has 1 aliphatic rings. The molecule has 1 aromatic carbocycles. The van der Waals surface area contributed by atoms with E-state index >= 15 is 0 Å². The highest BCUT2D eigenvalue weighted by Gasteiger charge is 2.17. The largest absolute Gasteiger partial charge is 0.328 e. The second-order valence-electron chi connectivity index (χ2n) is 5.22. The fourth-order valence-electron chi connectivity index (χ4n) is 2.75. The monoisotopic (exact) mass is 277 g/mol. The third-order valence-electron chi connectivity index (χ3n) is 3.81. The van der Waals surface area contributed by atoms with Crippen LogP contribution in [0.4, 0.5) is 4.39 Å². The van der Waals surface area contributed by atoms with Crippen molar-refractivity contribution >= 4 is 10.9 Å². The zero-order valence-electron chi connectivity index (χ0n) is 11.0. The SMILES string of the molecule is O=c1[nH]c2c(F)cccc2c(=O)n1CC1CCCNC1. The highest BCUT2D eigenvalue weighted by Crippen LogP contribution is 2.12. The third-order valence-corrected chi connectivity index (χ3v) is 3.81. The zero-order chi connectivity index (χ0) is 14.1. The number of aromatic amines is 1. The van der Waals surface area contributed by atoms with Gasteiger partial charge in [0.25, 0.3) is 5.56 Å². The fourth-order valence-corrected chi connectivity index (χ4v) is 2.75. The van der Waals surface area contributed by atoms with Crippen LogP contribution in [-0.2, 0) is 6.54 Å². The minimum Gasteiger partial charge on any atom is -0.316 e. The molecule has 6 heteroatoms. The molecule has 1 aliphatic heterocycles. The van der Waals surface area contributed by atoms with Gasteiger partial charge in [-0.3, -0.25) is 9.36 Å². The van der Waals surface area contributed by atoms with Crippen LogP contribution in [0.1, 0.15) is 12.8 Å². The van der Waals surface area contributed by atoms with Gasteiger partial charge in [0.05, 0.1) is 10.9 Å². The van der Waals surface area contributed by atoms with Crippen molar-refractivity contribution in [3.63, 3.8) is 0 Å². The Morgan fingerprint density at radius 2 is 2.20 bits per heavy atom. The van der Waals surface area contributed by atoms with Crippen molar-refractivity contribution < 1.29 is 4.39 Å². The van der Waals surface area contributed by atoms with Crippen molar-refractivity contribution in [2.24, 2.45) is 5.92 Å². The lowest BCUT2D eigenvalue weighted by Crippen LogP contribution is -2.41. The van der Waals surface area contributed by atoms with Crippen LogP contribution in [0.5, 0.6) is 0 Å². The molecule has 5 nitrogen and oxygen atoms in total. The first-order valence-corrected chi connectivity index (χ1v) is 6.79. The van der Waals surface area contributed by atoms with E-state index in [-0.39, 0.29) is 16.8 Å². The van der Waals surface area contributed by atoms with E-state index in [2.05, 4.69) is 10.3 Å². The van der Waals surface area contributed by atoms with Gasteiger partial charge >= 0.3 is 5.69 Å². The van der Waals surface area contributed by atoms with Gasteiger partial charge in [-0.2, -0.15) is 0 Å². The minimum absolute atomic E-state index is 0.0134. The van der Waals surface area contributed by atoms with Crippen LogP contribution in [-0.4, -0.2) is 22.6 Å². The van der Waals surface area contributed by atoms with E-state index in [1.165, 1.54) is 22.8 Å². The van der Waals surface area contributed by atoms with Crippen LogP contribution >= 0.6 is 0 Å². The number of para-hydroxylation sites is 1. The first kappa shape index (κ1) is 13.1. The van der Waals surface area contributed by atoms with E-state index in [0.29, 0.717) is 6.54 Å². The summed E-state index contributed by atoms with van der Waals surface area (Å²) in [6.07, 6.45) is 2.03. The Bertz CT molecular complexity index is 744. The quantitative estimate of drug-likeness (QED) is 0.854. The number of aromatic nitrogens is 2. The summed E-state index contributed by atoms with van der Waals surface area (Å²) in [4.78, 5) is 26.8. The number of hydrogen-bond acceptors (Lipinski definition) is 3. The summed E-state index contributed by atoms with van der Waals surface area (Å²) in [7, 11) is 0. The molecule has 3 rings (SSSR count). The molecule has 0 bridgehead atoms. The maximum absolute atomic E-state index is 13.6. The molecule has 0 amide bonds. The van der Waals surface area contributed by atoms with E-state index in [4.69, 9.17) is 0 Å². The van der Waals surface area contributed by atoms with Crippen LogP contribution in [0.15, 0.2) is 27.8 Å². The van der Waals surface area contributed by atoms with Gasteiger partial charge in [0.1, 0.15) is 5.82 Å². The molecule has 1 aromatic heterocycles. The van der Waals surface area contributed by atoms with Gasteiger partial charge in [-0.1, -0.05) is 6.07 Å². The Labute approximate surface area is 114 Å². The Balaban J connectivity index is 2.07. The fraction of sp³-hybridized carbons (Fsp3) is 0.429. The van der Waals surface area contributed by atoms with Gasteiger partial charge in [0, 0.05) is 6.54 Å². The average Bonchev–Trinajstić information content (AvgIpc) is 2.46. The van der Waals surface area contributed by atoms with Gasteiger partial charge < -0.3 is 10.3 Å². The number of benzene rings is 1. The van der Waals surface area contributed by atoms with E-state index in [9.17, 15) is 14.0 Å². The summed E-state index contributed by atoms with van der Waals surface area (Å²) in [6, 6.07) is 4.24. The van der Waals surface area contributed by atoms with Crippen LogP contribution in [0.25, 0.3) is 10.9 Å². The molecule has 0 saturated carbocycles. The first-order chi connectivity index (χ1) is 9.66. The van der Waals surface area contributed by atoms with E-state index < -0.39 is 17.1 Å². The Hall–Kier alpha value is -1.95. The van der Waals surface area contributed by atoms with Crippen molar-refractivity contribution in [2.45, 2.75) is 19.4 Å². The second kappa shape index (κ2) is 5.20. The van der Waals surface area contributed by atoms with Crippen LogP contribution in [0.2, 0.25) is 0 Å². The maximum atomic E-state index is 13.6. The van der Waals surface area contributed by atoms with E-state index in [0.717, 1.165) is 25.9 Å². The zero-order valence-corrected chi connectivity index (χ0v) is 11.0. The summed E-state index contributed by atoms with van der Waals surface area (Å²) in [5.41, 5.74) is -0.979. The summed E-state index contributed by atoms with van der Waals surface area (Å²) >= 11 is 0.